The number of ether oxygens (including phenoxy) is 1. The fourth-order valence-electron chi connectivity index (χ4n) is 4.72. The van der Waals surface area contributed by atoms with Crippen molar-refractivity contribution in [2.75, 3.05) is 11.2 Å². The highest BCUT2D eigenvalue weighted by Crippen LogP contribution is 2.40. The van der Waals surface area contributed by atoms with Crippen molar-refractivity contribution in [3.05, 3.63) is 47.4 Å². The first-order valence-electron chi connectivity index (χ1n) is 10.8. The predicted molar refractivity (Wildman–Crippen MR) is 124 cm³/mol. The van der Waals surface area contributed by atoms with Gasteiger partial charge in [-0.3, -0.25) is 4.79 Å². The Balaban J connectivity index is 1.43. The van der Waals surface area contributed by atoms with E-state index in [-0.39, 0.29) is 34.9 Å². The van der Waals surface area contributed by atoms with Gasteiger partial charge in [0, 0.05) is 36.3 Å². The molecule has 3 heterocycles. The molecule has 1 amide bonds. The predicted octanol–water partition coefficient (Wildman–Crippen LogP) is 3.75. The van der Waals surface area contributed by atoms with Crippen molar-refractivity contribution >= 4 is 33.0 Å². The van der Waals surface area contributed by atoms with Gasteiger partial charge in [-0.05, 0) is 63.8 Å². The molecule has 0 spiro atoms. The number of nitrogens with one attached hydrogen (secondary N) is 1. The van der Waals surface area contributed by atoms with Crippen molar-refractivity contribution in [1.82, 2.24) is 10.3 Å². The van der Waals surface area contributed by atoms with Gasteiger partial charge in [-0.15, -0.1) is 0 Å². The number of sulfone groups is 1. The molecule has 0 aliphatic carbocycles. The lowest BCUT2D eigenvalue weighted by atomic mass is 9.95. The van der Waals surface area contributed by atoms with Crippen LogP contribution in [0.3, 0.4) is 0 Å². The molecule has 0 radical (unpaired) electrons. The zero-order valence-corrected chi connectivity index (χ0v) is 20.3. The molecule has 4 rings (SSSR count). The molecule has 2 saturated heterocycles. The summed E-state index contributed by atoms with van der Waals surface area (Å²) in [6.07, 6.45) is 5.88. The largest absolute Gasteiger partial charge is 0.459 e. The van der Waals surface area contributed by atoms with E-state index in [1.54, 1.807) is 32.0 Å². The number of nitrogens with zero attached hydrogens (tertiary/aromatic N) is 2. The first-order valence-corrected chi connectivity index (χ1v) is 13.1. The van der Waals surface area contributed by atoms with E-state index in [1.165, 1.54) is 12.5 Å². The molecule has 1 N–H and O–H groups in total. The van der Waals surface area contributed by atoms with Crippen LogP contribution in [0.4, 0.5) is 10.1 Å². The quantitative estimate of drug-likeness (QED) is 0.656. The van der Waals surface area contributed by atoms with Crippen LogP contribution >= 0.6 is 11.6 Å². The van der Waals surface area contributed by atoms with Gasteiger partial charge in [0.15, 0.2) is 21.3 Å². The molecular weight excluding hydrogens is 469 g/mol. The summed E-state index contributed by atoms with van der Waals surface area (Å²) in [6, 6.07) is 8.45. The summed E-state index contributed by atoms with van der Waals surface area (Å²) in [5, 5.41) is 3.20. The summed E-state index contributed by atoms with van der Waals surface area (Å²) in [5.41, 5.74) is -0.440. The third kappa shape index (κ3) is 5.09. The van der Waals surface area contributed by atoms with Gasteiger partial charge >= 0.3 is 0 Å². The number of amides is 1. The summed E-state index contributed by atoms with van der Waals surface area (Å²) in [4.78, 5) is 19.4. The number of benzene rings is 1. The number of aromatic nitrogens is 1. The molecule has 178 valence electrons. The summed E-state index contributed by atoms with van der Waals surface area (Å²) in [6.45, 7) is 3.14. The van der Waals surface area contributed by atoms with E-state index in [1.807, 2.05) is 6.07 Å². The van der Waals surface area contributed by atoms with E-state index >= 15 is 0 Å². The van der Waals surface area contributed by atoms with Gasteiger partial charge in [0.25, 0.3) is 11.8 Å². The second-order valence-electron chi connectivity index (χ2n) is 9.26. The van der Waals surface area contributed by atoms with E-state index in [9.17, 15) is 17.6 Å². The molecule has 2 unspecified atom stereocenters. The summed E-state index contributed by atoms with van der Waals surface area (Å²) in [7, 11) is -3.29. The number of rotatable bonds is 6. The smallest absolute Gasteiger partial charge is 0.263 e. The Morgan fingerprint density at radius 2 is 1.91 bits per heavy atom. The summed E-state index contributed by atoms with van der Waals surface area (Å²) >= 11 is 5.73. The fourth-order valence-corrected chi connectivity index (χ4v) is 5.52. The van der Waals surface area contributed by atoms with Crippen molar-refractivity contribution in [2.24, 2.45) is 0 Å². The van der Waals surface area contributed by atoms with Crippen LogP contribution < -0.4 is 15.0 Å². The molecule has 7 nitrogen and oxygen atoms in total. The third-order valence-corrected chi connectivity index (χ3v) is 7.60. The lowest BCUT2D eigenvalue weighted by molar-refractivity contribution is -0.135. The molecule has 2 aliphatic heterocycles. The van der Waals surface area contributed by atoms with Gasteiger partial charge in [0.05, 0.1) is 9.92 Å². The monoisotopic (exact) mass is 495 g/mol. The molecule has 2 fully saturated rings. The van der Waals surface area contributed by atoms with E-state index in [0.29, 0.717) is 4.90 Å². The van der Waals surface area contributed by atoms with Crippen molar-refractivity contribution in [2.45, 2.75) is 68.2 Å². The van der Waals surface area contributed by atoms with E-state index in [4.69, 9.17) is 16.3 Å². The normalized spacial score (nSPS) is 22.8. The number of hydrogen-bond donors (Lipinski definition) is 1. The van der Waals surface area contributed by atoms with Gasteiger partial charge in [-0.1, -0.05) is 17.7 Å². The molecular formula is C23H27ClFN3O4S. The minimum absolute atomic E-state index is 0.0600. The van der Waals surface area contributed by atoms with Gasteiger partial charge < -0.3 is 15.0 Å². The Morgan fingerprint density at radius 1 is 1.24 bits per heavy atom. The SMILES string of the molecule is CC(C)(Oc1ncc(Cl)cc1F)C(=O)NC1CC2CCC(C1)N2c1cccc(S(C)(=O)=O)c1. The number of carbonyl (C=O) groups is 1. The van der Waals surface area contributed by atoms with Crippen LogP contribution in [-0.4, -0.2) is 49.3 Å². The van der Waals surface area contributed by atoms with E-state index in [2.05, 4.69) is 15.2 Å². The average Bonchev–Trinajstić information content (AvgIpc) is 3.00. The van der Waals surface area contributed by atoms with Crippen molar-refractivity contribution in [3.8, 4) is 5.88 Å². The molecule has 1 aromatic carbocycles. The standard InChI is InChI=1S/C23H27ClFN3O4S/c1-23(2,32-21-20(25)9-14(24)13-26-21)22(29)27-15-10-17-7-8-18(11-15)28(17)16-5-4-6-19(12-16)33(3,30)31/h4-6,9,12-13,15,17-18H,7-8,10-11H2,1-3H3,(H,27,29). The van der Waals surface area contributed by atoms with Gasteiger partial charge in [-0.2, -0.15) is 0 Å². The fraction of sp³-hybridized carbons (Fsp3) is 0.478. The zero-order chi connectivity index (χ0) is 24.0. The maximum absolute atomic E-state index is 14.1. The van der Waals surface area contributed by atoms with Crippen LogP contribution in [0.25, 0.3) is 0 Å². The molecule has 2 bridgehead atoms. The molecule has 1 aromatic heterocycles. The molecule has 10 heteroatoms. The number of halogens is 2. The number of piperidine rings is 1. The zero-order valence-electron chi connectivity index (χ0n) is 18.7. The molecule has 2 atom stereocenters. The molecule has 33 heavy (non-hydrogen) atoms. The Kier molecular flexibility index (Phi) is 6.30. The van der Waals surface area contributed by atoms with Gasteiger partial charge in [-0.25, -0.2) is 17.8 Å². The Hall–Kier alpha value is -2.39. The number of anilines is 1. The minimum atomic E-state index is -3.29. The Labute approximate surface area is 198 Å². The van der Waals surface area contributed by atoms with Crippen LogP contribution in [0, 0.1) is 5.82 Å². The number of fused-ring (bicyclic) bond motifs is 2. The van der Waals surface area contributed by atoms with Crippen molar-refractivity contribution in [3.63, 3.8) is 0 Å². The Morgan fingerprint density at radius 3 is 2.52 bits per heavy atom. The van der Waals surface area contributed by atoms with Crippen LogP contribution in [0.5, 0.6) is 5.88 Å². The van der Waals surface area contributed by atoms with Crippen LogP contribution in [0.15, 0.2) is 41.4 Å². The maximum Gasteiger partial charge on any atom is 0.263 e. The first kappa shape index (κ1) is 23.8. The molecule has 2 aliphatic rings. The minimum Gasteiger partial charge on any atom is -0.459 e. The van der Waals surface area contributed by atoms with E-state index in [0.717, 1.165) is 37.4 Å². The maximum atomic E-state index is 14.1. The van der Waals surface area contributed by atoms with Crippen LogP contribution in [-0.2, 0) is 14.6 Å². The average molecular weight is 496 g/mol. The number of pyridine rings is 1. The summed E-state index contributed by atoms with van der Waals surface area (Å²) < 4.78 is 43.6. The second kappa shape index (κ2) is 8.76. The first-order chi connectivity index (χ1) is 15.4. The molecule has 0 saturated carbocycles. The van der Waals surface area contributed by atoms with Gasteiger partial charge in [0.1, 0.15) is 0 Å². The highest BCUT2D eigenvalue weighted by atomic mass is 35.5. The third-order valence-electron chi connectivity index (χ3n) is 6.28. The topological polar surface area (TPSA) is 88.6 Å². The second-order valence-corrected chi connectivity index (χ2v) is 11.7. The Bertz CT molecular complexity index is 1160. The summed E-state index contributed by atoms with van der Waals surface area (Å²) in [5.74, 6) is -1.36. The van der Waals surface area contributed by atoms with Crippen molar-refractivity contribution in [1.29, 1.82) is 0 Å². The lowest BCUT2D eigenvalue weighted by Crippen LogP contribution is -2.55. The number of carbonyl (C=O) groups excluding carboxylic acids is 1. The number of hydrogen-bond acceptors (Lipinski definition) is 6. The van der Waals surface area contributed by atoms with Gasteiger partial charge in [0.2, 0.25) is 0 Å². The highest BCUT2D eigenvalue weighted by molar-refractivity contribution is 7.90. The van der Waals surface area contributed by atoms with Crippen LogP contribution in [0.1, 0.15) is 39.5 Å². The van der Waals surface area contributed by atoms with E-state index < -0.39 is 21.3 Å². The lowest BCUT2D eigenvalue weighted by Gasteiger charge is -2.41. The van der Waals surface area contributed by atoms with Crippen molar-refractivity contribution < 1.29 is 22.3 Å². The highest BCUT2D eigenvalue weighted by Gasteiger charge is 2.43. The molecule has 2 aromatic rings. The van der Waals surface area contributed by atoms with Crippen LogP contribution in [0.2, 0.25) is 5.02 Å².